The maximum atomic E-state index is 4.44. The molecule has 0 amide bonds. The lowest BCUT2D eigenvalue weighted by atomic mass is 10.1. The molecule has 1 atom stereocenters. The summed E-state index contributed by atoms with van der Waals surface area (Å²) in [6, 6.07) is 0. The zero-order valence-corrected chi connectivity index (χ0v) is 9.69. The lowest BCUT2D eigenvalue weighted by Crippen LogP contribution is -2.33. The van der Waals surface area contributed by atoms with Crippen molar-refractivity contribution in [1.29, 1.82) is 0 Å². The van der Waals surface area contributed by atoms with Crippen molar-refractivity contribution in [2.75, 3.05) is 20.6 Å². The number of hydrogen-bond acceptors (Lipinski definition) is 4. The van der Waals surface area contributed by atoms with Crippen LogP contribution in [-0.4, -0.2) is 36.1 Å². The summed E-state index contributed by atoms with van der Waals surface area (Å²) in [6.45, 7) is 5.49. The molecule has 1 aliphatic heterocycles. The Bertz CT molecular complexity index is 189. The standard InChI is InChI=1S/C9H19N3S/c1-7(2)5-8-6-10-9(13-8)11-12(3)4/h7-8H,5-6H2,1-4H3,(H,10,11). The van der Waals surface area contributed by atoms with Crippen molar-refractivity contribution < 1.29 is 0 Å². The van der Waals surface area contributed by atoms with Crippen LogP contribution in [0.4, 0.5) is 0 Å². The Morgan fingerprint density at radius 1 is 1.62 bits per heavy atom. The van der Waals surface area contributed by atoms with Crippen LogP contribution in [-0.2, 0) is 0 Å². The highest BCUT2D eigenvalue weighted by Gasteiger charge is 2.20. The zero-order chi connectivity index (χ0) is 9.84. The van der Waals surface area contributed by atoms with E-state index in [2.05, 4.69) is 24.3 Å². The molecule has 0 saturated carbocycles. The summed E-state index contributed by atoms with van der Waals surface area (Å²) in [7, 11) is 3.97. The summed E-state index contributed by atoms with van der Waals surface area (Å²) >= 11 is 1.86. The first-order chi connectivity index (χ1) is 6.08. The number of amidine groups is 1. The largest absolute Gasteiger partial charge is 0.298 e. The van der Waals surface area contributed by atoms with Crippen LogP contribution in [0.2, 0.25) is 0 Å². The van der Waals surface area contributed by atoms with Crippen molar-refractivity contribution in [3.8, 4) is 0 Å². The van der Waals surface area contributed by atoms with Crippen LogP contribution in [0.3, 0.4) is 0 Å². The maximum Gasteiger partial charge on any atom is 0.171 e. The summed E-state index contributed by atoms with van der Waals surface area (Å²) in [5.41, 5.74) is 3.19. The Balaban J connectivity index is 2.25. The first kappa shape index (κ1) is 10.9. The third kappa shape index (κ3) is 4.00. The minimum absolute atomic E-state index is 0.683. The molecule has 0 spiro atoms. The van der Waals surface area contributed by atoms with E-state index in [1.54, 1.807) is 0 Å². The fourth-order valence-corrected chi connectivity index (χ4v) is 2.65. The second-order valence-corrected chi connectivity index (χ2v) is 5.31. The number of aliphatic imine (C=N–C) groups is 1. The summed E-state index contributed by atoms with van der Waals surface area (Å²) in [5.74, 6) is 0.770. The van der Waals surface area contributed by atoms with Gasteiger partial charge in [0.1, 0.15) is 0 Å². The minimum Gasteiger partial charge on any atom is -0.298 e. The van der Waals surface area contributed by atoms with Crippen molar-refractivity contribution in [3.63, 3.8) is 0 Å². The van der Waals surface area contributed by atoms with Crippen LogP contribution in [0.25, 0.3) is 0 Å². The molecule has 4 heteroatoms. The lowest BCUT2D eigenvalue weighted by Gasteiger charge is -2.14. The van der Waals surface area contributed by atoms with Gasteiger partial charge in [0.15, 0.2) is 5.17 Å². The fourth-order valence-electron chi connectivity index (χ4n) is 1.32. The van der Waals surface area contributed by atoms with Gasteiger partial charge in [-0.1, -0.05) is 25.6 Å². The predicted molar refractivity (Wildman–Crippen MR) is 60.0 cm³/mol. The molecule has 0 fully saturated rings. The topological polar surface area (TPSA) is 27.6 Å². The average molecular weight is 201 g/mol. The van der Waals surface area contributed by atoms with Gasteiger partial charge in [0, 0.05) is 19.3 Å². The minimum atomic E-state index is 0.683. The van der Waals surface area contributed by atoms with E-state index in [1.807, 2.05) is 30.9 Å². The molecule has 0 aliphatic carbocycles. The molecule has 0 aromatic heterocycles. The molecule has 13 heavy (non-hydrogen) atoms. The van der Waals surface area contributed by atoms with E-state index in [0.29, 0.717) is 5.25 Å². The summed E-state index contributed by atoms with van der Waals surface area (Å²) in [5, 5.41) is 3.68. The summed E-state index contributed by atoms with van der Waals surface area (Å²) < 4.78 is 0. The Labute approximate surface area is 85.0 Å². The highest BCUT2D eigenvalue weighted by Crippen LogP contribution is 2.25. The van der Waals surface area contributed by atoms with E-state index in [-0.39, 0.29) is 0 Å². The summed E-state index contributed by atoms with van der Waals surface area (Å²) in [6.07, 6.45) is 1.26. The molecular weight excluding hydrogens is 182 g/mol. The average Bonchev–Trinajstić information content (AvgIpc) is 2.33. The molecule has 0 aromatic carbocycles. The van der Waals surface area contributed by atoms with E-state index in [4.69, 9.17) is 0 Å². The van der Waals surface area contributed by atoms with Gasteiger partial charge in [-0.05, 0) is 12.3 Å². The SMILES string of the molecule is CC(C)CC1CN=C(NN(C)C)S1. The van der Waals surface area contributed by atoms with Gasteiger partial charge >= 0.3 is 0 Å². The Hall–Kier alpha value is -0.220. The van der Waals surface area contributed by atoms with Gasteiger partial charge in [0.25, 0.3) is 0 Å². The van der Waals surface area contributed by atoms with E-state index < -0.39 is 0 Å². The smallest absolute Gasteiger partial charge is 0.171 e. The first-order valence-electron chi connectivity index (χ1n) is 4.73. The first-order valence-corrected chi connectivity index (χ1v) is 5.61. The third-order valence-corrected chi connectivity index (χ3v) is 2.89. The molecule has 0 aromatic rings. The van der Waals surface area contributed by atoms with Crippen LogP contribution < -0.4 is 5.43 Å². The number of nitrogens with one attached hydrogen (secondary N) is 1. The van der Waals surface area contributed by atoms with Crippen molar-refractivity contribution in [2.24, 2.45) is 10.9 Å². The van der Waals surface area contributed by atoms with Crippen molar-refractivity contribution >= 4 is 16.9 Å². The second kappa shape index (κ2) is 4.86. The lowest BCUT2D eigenvalue weighted by molar-refractivity contribution is 0.366. The van der Waals surface area contributed by atoms with Gasteiger partial charge in [-0.3, -0.25) is 10.4 Å². The van der Waals surface area contributed by atoms with Crippen LogP contribution in [0, 0.1) is 5.92 Å². The van der Waals surface area contributed by atoms with E-state index in [0.717, 1.165) is 17.6 Å². The van der Waals surface area contributed by atoms with Crippen LogP contribution >= 0.6 is 11.8 Å². The van der Waals surface area contributed by atoms with E-state index >= 15 is 0 Å². The molecule has 0 bridgehead atoms. The molecule has 1 heterocycles. The third-order valence-electron chi connectivity index (χ3n) is 1.77. The van der Waals surface area contributed by atoms with Gasteiger partial charge in [-0.25, -0.2) is 5.01 Å². The van der Waals surface area contributed by atoms with Crippen molar-refractivity contribution in [1.82, 2.24) is 10.4 Å². The highest BCUT2D eigenvalue weighted by molar-refractivity contribution is 8.14. The molecule has 0 radical (unpaired) electrons. The number of hydrogen-bond donors (Lipinski definition) is 1. The fraction of sp³-hybridized carbons (Fsp3) is 0.889. The normalized spacial score (nSPS) is 22.6. The van der Waals surface area contributed by atoms with Crippen LogP contribution in [0.15, 0.2) is 4.99 Å². The molecule has 1 unspecified atom stereocenters. The van der Waals surface area contributed by atoms with Crippen molar-refractivity contribution in [3.05, 3.63) is 0 Å². The Morgan fingerprint density at radius 3 is 2.85 bits per heavy atom. The van der Waals surface area contributed by atoms with Gasteiger partial charge in [-0.2, -0.15) is 0 Å². The molecule has 1 N–H and O–H groups in total. The number of nitrogens with zero attached hydrogens (tertiary/aromatic N) is 2. The molecule has 76 valence electrons. The number of rotatable bonds is 3. The molecular formula is C9H19N3S. The quantitative estimate of drug-likeness (QED) is 0.702. The van der Waals surface area contributed by atoms with Gasteiger partial charge in [0.2, 0.25) is 0 Å². The summed E-state index contributed by atoms with van der Waals surface area (Å²) in [4.78, 5) is 4.44. The molecule has 1 aliphatic rings. The monoisotopic (exact) mass is 201 g/mol. The number of thioether (sulfide) groups is 1. The zero-order valence-electron chi connectivity index (χ0n) is 8.87. The Kier molecular flexibility index (Phi) is 4.06. The number of hydrazine groups is 1. The van der Waals surface area contributed by atoms with Crippen molar-refractivity contribution in [2.45, 2.75) is 25.5 Å². The van der Waals surface area contributed by atoms with Crippen LogP contribution in [0.1, 0.15) is 20.3 Å². The molecule has 3 nitrogen and oxygen atoms in total. The highest BCUT2D eigenvalue weighted by atomic mass is 32.2. The van der Waals surface area contributed by atoms with E-state index in [1.165, 1.54) is 6.42 Å². The van der Waals surface area contributed by atoms with Gasteiger partial charge in [-0.15, -0.1) is 0 Å². The van der Waals surface area contributed by atoms with Gasteiger partial charge in [0.05, 0.1) is 6.54 Å². The second-order valence-electron chi connectivity index (χ2n) is 4.02. The van der Waals surface area contributed by atoms with E-state index in [9.17, 15) is 0 Å². The maximum absolute atomic E-state index is 4.44. The Morgan fingerprint density at radius 2 is 2.31 bits per heavy atom. The van der Waals surface area contributed by atoms with Crippen LogP contribution in [0.5, 0.6) is 0 Å². The molecule has 1 rings (SSSR count). The predicted octanol–water partition coefficient (Wildman–Crippen LogP) is 1.57. The molecule has 0 saturated heterocycles. The van der Waals surface area contributed by atoms with Gasteiger partial charge < -0.3 is 0 Å².